The first-order valence-corrected chi connectivity index (χ1v) is 3.48. The summed E-state index contributed by atoms with van der Waals surface area (Å²) in [5.41, 5.74) is 0. The summed E-state index contributed by atoms with van der Waals surface area (Å²) < 4.78 is 25.7. The van der Waals surface area contributed by atoms with Gasteiger partial charge in [0.05, 0.1) is 6.54 Å². The molecule has 1 aliphatic rings. The Morgan fingerprint density at radius 3 is 2.73 bits per heavy atom. The van der Waals surface area contributed by atoms with Gasteiger partial charge in [0.2, 0.25) is 0 Å². The molecule has 2 N–H and O–H groups in total. The molecular weight excluding hydrogens is 154 g/mol. The highest BCUT2D eigenvalue weighted by Crippen LogP contribution is 2.27. The quantitative estimate of drug-likeness (QED) is 0.566. The number of nitrogens with two attached hydrogens (primary N) is 1. The lowest BCUT2D eigenvalue weighted by molar-refractivity contribution is -0.171. The molecule has 1 heterocycles. The predicted molar refractivity (Wildman–Crippen MR) is 36.1 cm³/mol. The van der Waals surface area contributed by atoms with Crippen molar-refractivity contribution in [3.63, 3.8) is 0 Å². The number of halogens is 2. The fourth-order valence-electron chi connectivity index (χ4n) is 1.26. The Balaban J connectivity index is 2.56. The molecule has 0 bridgehead atoms. The summed E-state index contributed by atoms with van der Waals surface area (Å²) in [6, 6.07) is 0. The van der Waals surface area contributed by atoms with Crippen LogP contribution in [-0.2, 0) is 4.84 Å². The first kappa shape index (κ1) is 8.83. The number of hydrogen-bond acceptors (Lipinski definition) is 3. The van der Waals surface area contributed by atoms with Gasteiger partial charge in [0.25, 0.3) is 5.92 Å². The molecule has 0 spiro atoms. The maximum Gasteiger partial charge on any atom is 0.288 e. The molecular formula is C6H12F2N2O. The lowest BCUT2D eigenvalue weighted by Gasteiger charge is -2.34. The summed E-state index contributed by atoms with van der Waals surface area (Å²) in [5.74, 6) is 1.92. The van der Waals surface area contributed by atoms with Crippen LogP contribution in [0.25, 0.3) is 0 Å². The monoisotopic (exact) mass is 166 g/mol. The normalized spacial score (nSPS) is 32.2. The van der Waals surface area contributed by atoms with Gasteiger partial charge in [0, 0.05) is 6.54 Å². The van der Waals surface area contributed by atoms with E-state index < -0.39 is 12.0 Å². The Kier molecular flexibility index (Phi) is 2.41. The van der Waals surface area contributed by atoms with Gasteiger partial charge < -0.3 is 4.90 Å². The molecule has 5 heteroatoms. The van der Waals surface area contributed by atoms with Crippen molar-refractivity contribution in [2.75, 3.05) is 20.1 Å². The summed E-state index contributed by atoms with van der Waals surface area (Å²) in [5, 5.41) is 0. The molecule has 1 aliphatic heterocycles. The SMILES string of the molecule is CN1CCC(ON)C(F)(F)C1. The Morgan fingerprint density at radius 2 is 2.27 bits per heavy atom. The highest BCUT2D eigenvalue weighted by Gasteiger charge is 2.44. The van der Waals surface area contributed by atoms with Crippen LogP contribution in [0.3, 0.4) is 0 Å². The summed E-state index contributed by atoms with van der Waals surface area (Å²) >= 11 is 0. The average molecular weight is 166 g/mol. The number of likely N-dealkylation sites (tertiary alicyclic amines) is 1. The van der Waals surface area contributed by atoms with E-state index in [1.54, 1.807) is 11.9 Å². The Morgan fingerprint density at radius 1 is 1.64 bits per heavy atom. The minimum Gasteiger partial charge on any atom is -0.300 e. The second-order valence-electron chi connectivity index (χ2n) is 2.91. The lowest BCUT2D eigenvalue weighted by atomic mass is 10.0. The highest BCUT2D eigenvalue weighted by molar-refractivity contribution is 4.85. The van der Waals surface area contributed by atoms with Gasteiger partial charge in [-0.3, -0.25) is 4.84 Å². The van der Waals surface area contributed by atoms with Crippen LogP contribution in [0.1, 0.15) is 6.42 Å². The van der Waals surface area contributed by atoms with Crippen molar-refractivity contribution in [2.45, 2.75) is 18.4 Å². The van der Waals surface area contributed by atoms with Crippen molar-refractivity contribution in [3.05, 3.63) is 0 Å². The van der Waals surface area contributed by atoms with Crippen LogP contribution in [0.15, 0.2) is 0 Å². The Bertz CT molecular complexity index is 143. The van der Waals surface area contributed by atoms with E-state index in [4.69, 9.17) is 5.90 Å². The van der Waals surface area contributed by atoms with Gasteiger partial charge in [-0.25, -0.2) is 14.7 Å². The maximum absolute atomic E-state index is 12.9. The summed E-state index contributed by atoms with van der Waals surface area (Å²) in [7, 11) is 1.65. The average Bonchev–Trinajstić information content (AvgIpc) is 1.85. The fraction of sp³-hybridized carbons (Fsp3) is 1.00. The third kappa shape index (κ3) is 1.85. The van der Waals surface area contributed by atoms with Crippen molar-refractivity contribution in [2.24, 2.45) is 5.90 Å². The van der Waals surface area contributed by atoms with Crippen LogP contribution in [0.5, 0.6) is 0 Å². The third-order valence-corrected chi connectivity index (χ3v) is 1.89. The zero-order valence-corrected chi connectivity index (χ0v) is 6.39. The largest absolute Gasteiger partial charge is 0.300 e. The maximum atomic E-state index is 12.9. The van der Waals surface area contributed by atoms with E-state index in [1.807, 2.05) is 0 Å². The molecule has 66 valence electrons. The fourth-order valence-corrected chi connectivity index (χ4v) is 1.26. The molecule has 1 fully saturated rings. The van der Waals surface area contributed by atoms with Gasteiger partial charge in [-0.1, -0.05) is 0 Å². The zero-order chi connectivity index (χ0) is 8.48. The van der Waals surface area contributed by atoms with Gasteiger partial charge in [0.1, 0.15) is 6.10 Å². The van der Waals surface area contributed by atoms with E-state index in [-0.39, 0.29) is 6.54 Å². The van der Waals surface area contributed by atoms with E-state index in [1.165, 1.54) is 0 Å². The van der Waals surface area contributed by atoms with Gasteiger partial charge in [0.15, 0.2) is 0 Å². The third-order valence-electron chi connectivity index (χ3n) is 1.89. The summed E-state index contributed by atoms with van der Waals surface area (Å²) in [6.07, 6.45) is -0.821. The topological polar surface area (TPSA) is 38.5 Å². The number of piperidine rings is 1. The smallest absolute Gasteiger partial charge is 0.288 e. The number of hydrogen-bond donors (Lipinski definition) is 1. The van der Waals surface area contributed by atoms with Gasteiger partial charge in [-0.15, -0.1) is 0 Å². The molecule has 0 saturated carbocycles. The molecule has 1 saturated heterocycles. The van der Waals surface area contributed by atoms with Crippen molar-refractivity contribution < 1.29 is 13.6 Å². The van der Waals surface area contributed by atoms with Crippen LogP contribution in [0.2, 0.25) is 0 Å². The number of rotatable bonds is 1. The number of alkyl halides is 2. The van der Waals surface area contributed by atoms with E-state index in [2.05, 4.69) is 4.84 Å². The van der Waals surface area contributed by atoms with E-state index in [0.717, 1.165) is 0 Å². The van der Waals surface area contributed by atoms with Crippen LogP contribution in [0, 0.1) is 0 Å². The van der Waals surface area contributed by atoms with E-state index in [0.29, 0.717) is 13.0 Å². The molecule has 0 aliphatic carbocycles. The standard InChI is InChI=1S/C6H12F2N2O/c1-10-3-2-5(11-9)6(7,8)4-10/h5H,2-4,9H2,1H3. The summed E-state index contributed by atoms with van der Waals surface area (Å²) in [6.45, 7) is 0.340. The minimum atomic E-state index is -2.80. The molecule has 0 aromatic carbocycles. The predicted octanol–water partition coefficient (Wildman–Crippen LogP) is 0.216. The zero-order valence-electron chi connectivity index (χ0n) is 6.39. The van der Waals surface area contributed by atoms with Crippen LogP contribution < -0.4 is 5.90 Å². The molecule has 0 aromatic rings. The molecule has 1 unspecified atom stereocenters. The second-order valence-corrected chi connectivity index (χ2v) is 2.91. The van der Waals surface area contributed by atoms with Crippen LogP contribution >= 0.6 is 0 Å². The first-order chi connectivity index (χ1) is 5.06. The van der Waals surface area contributed by atoms with Crippen molar-refractivity contribution in [1.82, 2.24) is 4.90 Å². The van der Waals surface area contributed by atoms with Crippen LogP contribution in [0.4, 0.5) is 8.78 Å². The van der Waals surface area contributed by atoms with Gasteiger partial charge in [-0.05, 0) is 13.5 Å². The molecule has 1 atom stereocenters. The Hall–Kier alpha value is -0.260. The molecule has 1 rings (SSSR count). The van der Waals surface area contributed by atoms with Crippen molar-refractivity contribution >= 4 is 0 Å². The number of nitrogens with zero attached hydrogens (tertiary/aromatic N) is 1. The summed E-state index contributed by atoms with van der Waals surface area (Å²) in [4.78, 5) is 5.74. The molecule has 0 amide bonds. The molecule has 0 aromatic heterocycles. The Labute approximate surface area is 64.1 Å². The van der Waals surface area contributed by atoms with Crippen LogP contribution in [-0.4, -0.2) is 37.1 Å². The van der Waals surface area contributed by atoms with E-state index >= 15 is 0 Å². The second kappa shape index (κ2) is 3.00. The van der Waals surface area contributed by atoms with Crippen molar-refractivity contribution in [3.8, 4) is 0 Å². The van der Waals surface area contributed by atoms with Crippen molar-refractivity contribution in [1.29, 1.82) is 0 Å². The van der Waals surface area contributed by atoms with E-state index in [9.17, 15) is 8.78 Å². The van der Waals surface area contributed by atoms with Gasteiger partial charge >= 0.3 is 0 Å². The molecule has 3 nitrogen and oxygen atoms in total. The lowest BCUT2D eigenvalue weighted by Crippen LogP contribution is -2.51. The molecule has 11 heavy (non-hydrogen) atoms. The van der Waals surface area contributed by atoms with Gasteiger partial charge in [-0.2, -0.15) is 0 Å². The highest BCUT2D eigenvalue weighted by atomic mass is 19.3. The first-order valence-electron chi connectivity index (χ1n) is 3.48. The minimum absolute atomic E-state index is 0.269. The molecule has 0 radical (unpaired) electrons.